The van der Waals surface area contributed by atoms with Gasteiger partial charge in [0.25, 0.3) is 5.91 Å². The van der Waals surface area contributed by atoms with Crippen LogP contribution in [0.25, 0.3) is 5.82 Å². The van der Waals surface area contributed by atoms with Crippen LogP contribution in [0.5, 0.6) is 0 Å². The first-order chi connectivity index (χ1) is 10.8. The second-order valence-corrected chi connectivity index (χ2v) is 6.35. The molecule has 2 heterocycles. The average Bonchev–Trinajstić information content (AvgIpc) is 2.92. The highest BCUT2D eigenvalue weighted by Crippen LogP contribution is 2.25. The van der Waals surface area contributed by atoms with Crippen LogP contribution in [0.4, 0.5) is 5.82 Å². The van der Waals surface area contributed by atoms with Crippen LogP contribution in [-0.4, -0.2) is 33.4 Å². The molecule has 6 nitrogen and oxygen atoms in total. The first kappa shape index (κ1) is 17.1. The molecular weight excluding hydrogens is 292 g/mol. The van der Waals surface area contributed by atoms with Crippen molar-refractivity contribution in [2.24, 2.45) is 0 Å². The summed E-state index contributed by atoms with van der Waals surface area (Å²) in [4.78, 5) is 16.6. The summed E-state index contributed by atoms with van der Waals surface area (Å²) in [5.74, 6) is 1.04. The Morgan fingerprint density at radius 1 is 1.39 bits per heavy atom. The summed E-state index contributed by atoms with van der Waals surface area (Å²) in [6.07, 6.45) is 1.17. The number of amides is 1. The Bertz CT molecular complexity index is 659. The lowest BCUT2D eigenvalue weighted by Gasteiger charge is -2.13. The molecule has 1 N–H and O–H groups in total. The quantitative estimate of drug-likeness (QED) is 0.921. The maximum absolute atomic E-state index is 12.2. The molecule has 0 fully saturated rings. The van der Waals surface area contributed by atoms with Crippen molar-refractivity contribution in [3.05, 3.63) is 36.2 Å². The van der Waals surface area contributed by atoms with Crippen LogP contribution >= 0.6 is 0 Å². The molecule has 0 bridgehead atoms. The zero-order chi connectivity index (χ0) is 17.0. The molecule has 0 saturated heterocycles. The van der Waals surface area contributed by atoms with Crippen molar-refractivity contribution in [2.75, 3.05) is 11.9 Å². The molecule has 0 aliphatic heterocycles. The Labute approximate surface area is 136 Å². The molecular formula is C17H24N4O2. The number of ether oxygens (including phenoxy) is 1. The van der Waals surface area contributed by atoms with Gasteiger partial charge in [0.2, 0.25) is 0 Å². The molecule has 23 heavy (non-hydrogen) atoms. The Balaban J connectivity index is 2.37. The lowest BCUT2D eigenvalue weighted by atomic mass is 9.92. The van der Waals surface area contributed by atoms with E-state index in [0.29, 0.717) is 18.2 Å². The molecule has 2 rings (SSSR count). The molecule has 124 valence electrons. The van der Waals surface area contributed by atoms with Crippen LogP contribution in [0.2, 0.25) is 0 Å². The molecule has 0 spiro atoms. The Morgan fingerprint density at radius 2 is 2.13 bits per heavy atom. The van der Waals surface area contributed by atoms with Crippen molar-refractivity contribution in [1.82, 2.24) is 14.8 Å². The molecule has 2 aromatic heterocycles. The maximum atomic E-state index is 12.2. The van der Waals surface area contributed by atoms with Gasteiger partial charge < -0.3 is 10.1 Å². The summed E-state index contributed by atoms with van der Waals surface area (Å²) in [5.41, 5.74) is 0.743. The highest BCUT2D eigenvalue weighted by molar-refractivity contribution is 5.93. The van der Waals surface area contributed by atoms with Gasteiger partial charge in [0.15, 0.2) is 5.82 Å². The fraction of sp³-hybridized carbons (Fsp3) is 0.471. The number of hydrogen-bond acceptors (Lipinski definition) is 4. The lowest BCUT2D eigenvalue weighted by Crippen LogP contribution is -2.28. The normalized spacial score (nSPS) is 12.9. The molecule has 6 heteroatoms. The molecule has 2 aromatic rings. The predicted octanol–water partition coefficient (Wildman–Crippen LogP) is 2.93. The van der Waals surface area contributed by atoms with E-state index in [0.717, 1.165) is 5.69 Å². The van der Waals surface area contributed by atoms with Crippen LogP contribution in [0.15, 0.2) is 30.5 Å². The first-order valence-corrected chi connectivity index (χ1v) is 7.77. The number of anilines is 1. The third kappa shape index (κ3) is 4.16. The predicted molar refractivity (Wildman–Crippen MR) is 89.8 cm³/mol. The number of nitrogens with one attached hydrogen (secondary N) is 1. The van der Waals surface area contributed by atoms with Crippen LogP contribution < -0.4 is 5.32 Å². The molecule has 0 aliphatic rings. The summed E-state index contributed by atoms with van der Waals surface area (Å²) >= 11 is 0. The summed E-state index contributed by atoms with van der Waals surface area (Å²) in [5, 5.41) is 7.49. The number of pyridine rings is 1. The largest absolute Gasteiger partial charge is 0.369 e. The minimum Gasteiger partial charge on any atom is -0.369 e. The molecule has 0 aliphatic carbocycles. The van der Waals surface area contributed by atoms with Crippen molar-refractivity contribution >= 4 is 11.7 Å². The van der Waals surface area contributed by atoms with Crippen molar-refractivity contribution < 1.29 is 9.53 Å². The first-order valence-electron chi connectivity index (χ1n) is 7.77. The van der Waals surface area contributed by atoms with Gasteiger partial charge in [0, 0.05) is 24.3 Å². The van der Waals surface area contributed by atoms with Gasteiger partial charge in [-0.1, -0.05) is 26.8 Å². The van der Waals surface area contributed by atoms with Gasteiger partial charge in [-0.05, 0) is 26.0 Å². The molecule has 0 unspecified atom stereocenters. The van der Waals surface area contributed by atoms with Gasteiger partial charge in [-0.15, -0.1) is 0 Å². The number of aromatic nitrogens is 3. The second kappa shape index (κ2) is 6.91. The number of carbonyl (C=O) groups excluding carboxylic acids is 1. The lowest BCUT2D eigenvalue weighted by molar-refractivity contribution is -0.126. The number of nitrogens with zero attached hydrogens (tertiary/aromatic N) is 3. The second-order valence-electron chi connectivity index (χ2n) is 6.35. The van der Waals surface area contributed by atoms with E-state index in [-0.39, 0.29) is 11.3 Å². The van der Waals surface area contributed by atoms with E-state index in [9.17, 15) is 4.79 Å². The molecule has 0 saturated carbocycles. The van der Waals surface area contributed by atoms with Crippen LogP contribution in [-0.2, 0) is 14.9 Å². The third-order valence-corrected chi connectivity index (χ3v) is 3.38. The highest BCUT2D eigenvalue weighted by Gasteiger charge is 2.23. The molecule has 0 aromatic carbocycles. The van der Waals surface area contributed by atoms with Crippen LogP contribution in [0.3, 0.4) is 0 Å². The molecule has 1 amide bonds. The smallest absolute Gasteiger partial charge is 0.254 e. The minimum absolute atomic E-state index is 0.134. The van der Waals surface area contributed by atoms with Crippen molar-refractivity contribution in [3.63, 3.8) is 0 Å². The molecule has 0 radical (unpaired) electrons. The van der Waals surface area contributed by atoms with E-state index >= 15 is 0 Å². The van der Waals surface area contributed by atoms with E-state index in [1.807, 2.05) is 31.2 Å². The Morgan fingerprint density at radius 3 is 2.70 bits per heavy atom. The van der Waals surface area contributed by atoms with Gasteiger partial charge in [-0.3, -0.25) is 4.79 Å². The minimum atomic E-state index is -0.523. The number of rotatable bonds is 5. The van der Waals surface area contributed by atoms with Crippen LogP contribution in [0, 0.1) is 0 Å². The van der Waals surface area contributed by atoms with Gasteiger partial charge in [-0.2, -0.15) is 9.78 Å². The average molecular weight is 316 g/mol. The fourth-order valence-corrected chi connectivity index (χ4v) is 2.04. The van der Waals surface area contributed by atoms with E-state index in [1.54, 1.807) is 17.8 Å². The number of hydrogen-bond donors (Lipinski definition) is 1. The number of carbonyl (C=O) groups is 1. The summed E-state index contributed by atoms with van der Waals surface area (Å²) in [6.45, 7) is 10.3. The van der Waals surface area contributed by atoms with E-state index in [4.69, 9.17) is 4.74 Å². The third-order valence-electron chi connectivity index (χ3n) is 3.38. The van der Waals surface area contributed by atoms with E-state index in [2.05, 4.69) is 36.2 Å². The zero-order valence-corrected chi connectivity index (χ0v) is 14.3. The van der Waals surface area contributed by atoms with Gasteiger partial charge in [0.1, 0.15) is 11.9 Å². The van der Waals surface area contributed by atoms with Gasteiger partial charge in [-0.25, -0.2) is 4.98 Å². The Hall–Kier alpha value is -2.21. The SMILES string of the molecule is CCO[C@@H](C)C(=O)Nc1cc(C(C)(C)C)nn1-c1ccccn1. The van der Waals surface area contributed by atoms with Crippen molar-refractivity contribution in [2.45, 2.75) is 46.1 Å². The van der Waals surface area contributed by atoms with Crippen LogP contribution in [0.1, 0.15) is 40.3 Å². The van der Waals surface area contributed by atoms with Crippen molar-refractivity contribution in [1.29, 1.82) is 0 Å². The highest BCUT2D eigenvalue weighted by atomic mass is 16.5. The van der Waals surface area contributed by atoms with Gasteiger partial charge in [0.05, 0.1) is 5.69 Å². The topological polar surface area (TPSA) is 69.0 Å². The maximum Gasteiger partial charge on any atom is 0.254 e. The van der Waals surface area contributed by atoms with Crippen molar-refractivity contribution in [3.8, 4) is 5.82 Å². The zero-order valence-electron chi connectivity index (χ0n) is 14.3. The summed E-state index contributed by atoms with van der Waals surface area (Å²) < 4.78 is 6.99. The molecule has 1 atom stereocenters. The summed E-state index contributed by atoms with van der Waals surface area (Å²) in [7, 11) is 0. The summed E-state index contributed by atoms with van der Waals surface area (Å²) in [6, 6.07) is 7.45. The standard InChI is InChI=1S/C17H24N4O2/c1-6-23-12(2)16(22)19-15-11-13(17(3,4)5)20-21(15)14-9-7-8-10-18-14/h7-12H,6H2,1-5H3,(H,19,22)/t12-/m0/s1. The monoisotopic (exact) mass is 316 g/mol. The fourth-order valence-electron chi connectivity index (χ4n) is 2.04. The Kier molecular flexibility index (Phi) is 5.15. The van der Waals surface area contributed by atoms with E-state index < -0.39 is 6.10 Å². The van der Waals surface area contributed by atoms with E-state index in [1.165, 1.54) is 0 Å². The van der Waals surface area contributed by atoms with Gasteiger partial charge >= 0.3 is 0 Å².